The van der Waals surface area contributed by atoms with Gasteiger partial charge in [0.25, 0.3) is 0 Å². The van der Waals surface area contributed by atoms with Gasteiger partial charge in [-0.25, -0.2) is 0 Å². The molecule has 15 heavy (non-hydrogen) atoms. The van der Waals surface area contributed by atoms with Gasteiger partial charge >= 0.3 is 0 Å². The Kier molecular flexibility index (Phi) is 2.97. The summed E-state index contributed by atoms with van der Waals surface area (Å²) in [7, 11) is 0. The van der Waals surface area contributed by atoms with Crippen molar-refractivity contribution in [3.8, 4) is 0 Å². The molecular weight excluding hydrogens is 184 g/mol. The Morgan fingerprint density at radius 1 is 1.33 bits per heavy atom. The maximum absolute atomic E-state index is 5.61. The Labute approximate surface area is 90.1 Å². The van der Waals surface area contributed by atoms with Crippen molar-refractivity contribution < 1.29 is 0 Å². The number of hydrogen-bond acceptors (Lipinski definition) is 2. The largest absolute Gasteiger partial charge is 0.330 e. The number of nitrogens with zero attached hydrogens (tertiary/aromatic N) is 1. The Bertz CT molecular complexity index is 451. The van der Waals surface area contributed by atoms with Gasteiger partial charge in [0.15, 0.2) is 0 Å². The van der Waals surface area contributed by atoms with Gasteiger partial charge < -0.3 is 5.73 Å². The van der Waals surface area contributed by atoms with E-state index in [0.717, 1.165) is 18.5 Å². The van der Waals surface area contributed by atoms with Crippen LogP contribution in [0.5, 0.6) is 0 Å². The summed E-state index contributed by atoms with van der Waals surface area (Å²) in [6, 6.07) is 10.4. The second-order valence-electron chi connectivity index (χ2n) is 4.08. The molecule has 78 valence electrons. The van der Waals surface area contributed by atoms with Gasteiger partial charge in [0.1, 0.15) is 0 Å². The topological polar surface area (TPSA) is 38.9 Å². The first kappa shape index (κ1) is 10.1. The van der Waals surface area contributed by atoms with Gasteiger partial charge in [-0.2, -0.15) is 0 Å². The molecule has 0 aliphatic carbocycles. The molecule has 1 aromatic heterocycles. The van der Waals surface area contributed by atoms with Crippen LogP contribution in [-0.2, 0) is 6.42 Å². The van der Waals surface area contributed by atoms with Crippen LogP contribution in [0.1, 0.15) is 12.5 Å². The highest BCUT2D eigenvalue weighted by atomic mass is 14.6. The molecule has 0 fully saturated rings. The lowest BCUT2D eigenvalue weighted by atomic mass is 10.0. The van der Waals surface area contributed by atoms with Crippen LogP contribution in [0.2, 0.25) is 0 Å². The fourth-order valence-corrected chi connectivity index (χ4v) is 1.71. The van der Waals surface area contributed by atoms with Crippen LogP contribution in [0.15, 0.2) is 36.5 Å². The molecule has 0 saturated heterocycles. The molecule has 1 heterocycles. The highest BCUT2D eigenvalue weighted by Gasteiger charge is 2.02. The van der Waals surface area contributed by atoms with Gasteiger partial charge in [-0.1, -0.05) is 25.1 Å². The predicted molar refractivity (Wildman–Crippen MR) is 63.7 cm³/mol. The maximum atomic E-state index is 5.61. The average molecular weight is 200 g/mol. The number of fused-ring (bicyclic) bond motifs is 1. The molecule has 0 amide bonds. The molecule has 2 heteroatoms. The van der Waals surface area contributed by atoms with Crippen LogP contribution in [0.4, 0.5) is 0 Å². The fourth-order valence-electron chi connectivity index (χ4n) is 1.71. The molecule has 0 spiro atoms. The number of para-hydroxylation sites is 1. The van der Waals surface area contributed by atoms with Gasteiger partial charge in [0.05, 0.1) is 5.52 Å². The predicted octanol–water partition coefficient (Wildman–Crippen LogP) is 2.37. The first-order valence-electron chi connectivity index (χ1n) is 5.33. The van der Waals surface area contributed by atoms with Crippen molar-refractivity contribution in [3.05, 3.63) is 42.1 Å². The van der Waals surface area contributed by atoms with Gasteiger partial charge in [0, 0.05) is 11.6 Å². The second-order valence-corrected chi connectivity index (χ2v) is 4.08. The Morgan fingerprint density at radius 3 is 2.93 bits per heavy atom. The maximum Gasteiger partial charge on any atom is 0.0702 e. The lowest BCUT2D eigenvalue weighted by molar-refractivity contribution is 0.592. The quantitative estimate of drug-likeness (QED) is 0.826. The van der Waals surface area contributed by atoms with E-state index in [2.05, 4.69) is 24.0 Å². The zero-order valence-corrected chi connectivity index (χ0v) is 8.98. The van der Waals surface area contributed by atoms with E-state index in [0.29, 0.717) is 5.92 Å². The van der Waals surface area contributed by atoms with E-state index in [1.54, 1.807) is 0 Å². The molecule has 0 aliphatic rings. The third-order valence-electron chi connectivity index (χ3n) is 2.63. The van der Waals surface area contributed by atoms with Crippen molar-refractivity contribution in [1.29, 1.82) is 0 Å². The number of benzene rings is 1. The molecule has 0 aliphatic heterocycles. The Hall–Kier alpha value is -1.41. The van der Waals surface area contributed by atoms with Gasteiger partial charge in [-0.3, -0.25) is 4.98 Å². The lowest BCUT2D eigenvalue weighted by Crippen LogP contribution is -2.13. The normalized spacial score (nSPS) is 12.9. The van der Waals surface area contributed by atoms with Crippen molar-refractivity contribution in [3.63, 3.8) is 0 Å². The summed E-state index contributed by atoms with van der Waals surface area (Å²) in [6.07, 6.45) is 2.96. The smallest absolute Gasteiger partial charge is 0.0702 e. The first-order valence-corrected chi connectivity index (χ1v) is 5.33. The molecule has 2 N–H and O–H groups in total. The molecular formula is C13H16N2. The Morgan fingerprint density at radius 2 is 2.13 bits per heavy atom. The van der Waals surface area contributed by atoms with Crippen molar-refractivity contribution in [2.45, 2.75) is 13.3 Å². The number of rotatable bonds is 3. The van der Waals surface area contributed by atoms with Crippen molar-refractivity contribution >= 4 is 10.9 Å². The van der Waals surface area contributed by atoms with E-state index < -0.39 is 0 Å². The van der Waals surface area contributed by atoms with Gasteiger partial charge in [-0.05, 0) is 36.6 Å². The van der Waals surface area contributed by atoms with Crippen LogP contribution in [-0.4, -0.2) is 11.5 Å². The first-order chi connectivity index (χ1) is 7.29. The SMILES string of the molecule is C[C@@H](CN)Cc1cnc2ccccc2c1. The molecule has 2 aromatic rings. The van der Waals surface area contributed by atoms with E-state index in [9.17, 15) is 0 Å². The van der Waals surface area contributed by atoms with Crippen molar-refractivity contribution in [2.24, 2.45) is 11.7 Å². The van der Waals surface area contributed by atoms with Crippen LogP contribution < -0.4 is 5.73 Å². The standard InChI is InChI=1S/C13H16N2/c1-10(8-14)6-11-7-12-4-2-3-5-13(12)15-9-11/h2-5,7,9-10H,6,8,14H2,1H3/t10-/m1/s1. The average Bonchev–Trinajstić information content (AvgIpc) is 2.29. The summed E-state index contributed by atoms with van der Waals surface area (Å²) in [5, 5.41) is 1.21. The lowest BCUT2D eigenvalue weighted by Gasteiger charge is -2.08. The fraction of sp³-hybridized carbons (Fsp3) is 0.308. The Balaban J connectivity index is 2.30. The molecule has 0 unspecified atom stereocenters. The van der Waals surface area contributed by atoms with Crippen LogP contribution in [0, 0.1) is 5.92 Å². The van der Waals surface area contributed by atoms with E-state index in [1.165, 1.54) is 10.9 Å². The highest BCUT2D eigenvalue weighted by Crippen LogP contribution is 2.14. The number of hydrogen-bond donors (Lipinski definition) is 1. The zero-order chi connectivity index (χ0) is 10.7. The summed E-state index contributed by atoms with van der Waals surface area (Å²) < 4.78 is 0. The summed E-state index contributed by atoms with van der Waals surface area (Å²) >= 11 is 0. The molecule has 0 bridgehead atoms. The molecule has 1 aromatic carbocycles. The molecule has 0 radical (unpaired) electrons. The minimum atomic E-state index is 0.521. The van der Waals surface area contributed by atoms with E-state index in [-0.39, 0.29) is 0 Å². The number of nitrogens with two attached hydrogens (primary N) is 1. The third kappa shape index (κ3) is 2.34. The van der Waals surface area contributed by atoms with Gasteiger partial charge in [0.2, 0.25) is 0 Å². The van der Waals surface area contributed by atoms with Crippen LogP contribution in [0.3, 0.4) is 0 Å². The summed E-state index contributed by atoms with van der Waals surface area (Å²) in [5.41, 5.74) is 7.94. The molecule has 1 atom stereocenters. The van der Waals surface area contributed by atoms with Gasteiger partial charge in [-0.15, -0.1) is 0 Å². The third-order valence-corrected chi connectivity index (χ3v) is 2.63. The molecule has 0 saturated carbocycles. The van der Waals surface area contributed by atoms with Crippen LogP contribution >= 0.6 is 0 Å². The summed E-state index contributed by atoms with van der Waals surface area (Å²) in [5.74, 6) is 0.521. The number of pyridine rings is 1. The van der Waals surface area contributed by atoms with E-state index in [1.807, 2.05) is 24.4 Å². The number of aromatic nitrogens is 1. The van der Waals surface area contributed by atoms with E-state index in [4.69, 9.17) is 5.73 Å². The van der Waals surface area contributed by atoms with Crippen molar-refractivity contribution in [2.75, 3.05) is 6.54 Å². The molecule has 2 nitrogen and oxygen atoms in total. The molecule has 2 rings (SSSR count). The summed E-state index contributed by atoms with van der Waals surface area (Å²) in [6.45, 7) is 2.89. The van der Waals surface area contributed by atoms with Crippen molar-refractivity contribution in [1.82, 2.24) is 4.98 Å². The van der Waals surface area contributed by atoms with E-state index >= 15 is 0 Å². The minimum Gasteiger partial charge on any atom is -0.330 e. The minimum absolute atomic E-state index is 0.521. The second kappa shape index (κ2) is 4.41. The van der Waals surface area contributed by atoms with Crippen LogP contribution in [0.25, 0.3) is 10.9 Å². The summed E-state index contributed by atoms with van der Waals surface area (Å²) in [4.78, 5) is 4.43. The zero-order valence-electron chi connectivity index (χ0n) is 8.98. The monoisotopic (exact) mass is 200 g/mol. The highest BCUT2D eigenvalue weighted by molar-refractivity contribution is 5.78.